The maximum Gasteiger partial charge on any atom is 0.314 e. The molecule has 0 aromatic heterocycles. The molecule has 1 N–H and O–H groups in total. The molecule has 1 aromatic rings. The fourth-order valence-electron chi connectivity index (χ4n) is 3.21. The van der Waals surface area contributed by atoms with Gasteiger partial charge in [0.2, 0.25) is 0 Å². The number of carboxylic acid groups (broad SMARTS) is 1. The maximum atomic E-state index is 11.8. The second-order valence-electron chi connectivity index (χ2n) is 6.02. The Morgan fingerprint density at radius 3 is 2.26 bits per heavy atom. The first-order valence-corrected chi connectivity index (χ1v) is 7.16. The highest BCUT2D eigenvalue weighted by Gasteiger charge is 2.45. The predicted octanol–water partition coefficient (Wildman–Crippen LogP) is 2.58. The summed E-state index contributed by atoms with van der Waals surface area (Å²) in [5, 5.41) is 9.73. The molecule has 3 heteroatoms. The number of hydrogen-bond acceptors (Lipinski definition) is 2. The number of piperidine rings is 1. The highest BCUT2D eigenvalue weighted by molar-refractivity contribution is 5.81. The minimum atomic E-state index is -0.668. The van der Waals surface area contributed by atoms with Gasteiger partial charge in [-0.15, -0.1) is 0 Å². The van der Waals surface area contributed by atoms with Crippen LogP contribution in [-0.2, 0) is 10.2 Å². The molecule has 1 saturated heterocycles. The summed E-state index contributed by atoms with van der Waals surface area (Å²) in [6.07, 6.45) is 4.07. The minimum Gasteiger partial charge on any atom is -0.481 e. The average molecular weight is 259 g/mol. The Labute approximate surface area is 114 Å². The van der Waals surface area contributed by atoms with Crippen LogP contribution in [0.4, 0.5) is 0 Å². The van der Waals surface area contributed by atoms with E-state index in [0.29, 0.717) is 0 Å². The zero-order valence-corrected chi connectivity index (χ0v) is 11.4. The van der Waals surface area contributed by atoms with Crippen molar-refractivity contribution < 1.29 is 9.90 Å². The maximum absolute atomic E-state index is 11.8. The van der Waals surface area contributed by atoms with Gasteiger partial charge in [0, 0.05) is 6.04 Å². The van der Waals surface area contributed by atoms with E-state index in [4.69, 9.17) is 0 Å². The summed E-state index contributed by atoms with van der Waals surface area (Å²) in [4.78, 5) is 14.3. The largest absolute Gasteiger partial charge is 0.481 e. The van der Waals surface area contributed by atoms with E-state index in [0.717, 1.165) is 37.5 Å². The van der Waals surface area contributed by atoms with Crippen molar-refractivity contribution in [2.75, 3.05) is 13.1 Å². The van der Waals surface area contributed by atoms with E-state index in [-0.39, 0.29) is 0 Å². The Kier molecular flexibility index (Phi) is 3.09. The van der Waals surface area contributed by atoms with Gasteiger partial charge in [0.05, 0.1) is 5.41 Å². The monoisotopic (exact) mass is 259 g/mol. The summed E-state index contributed by atoms with van der Waals surface area (Å²) in [5.41, 5.74) is 1.49. The Morgan fingerprint density at radius 1 is 1.21 bits per heavy atom. The average Bonchev–Trinajstić information content (AvgIpc) is 3.24. The summed E-state index contributed by atoms with van der Waals surface area (Å²) >= 11 is 0. The van der Waals surface area contributed by atoms with Gasteiger partial charge < -0.3 is 10.0 Å². The first kappa shape index (κ1) is 12.7. The molecule has 2 fully saturated rings. The van der Waals surface area contributed by atoms with Crippen molar-refractivity contribution in [2.45, 2.75) is 44.1 Å². The Hall–Kier alpha value is -1.35. The second kappa shape index (κ2) is 4.64. The first-order chi connectivity index (χ1) is 9.12. The van der Waals surface area contributed by atoms with E-state index in [9.17, 15) is 9.90 Å². The van der Waals surface area contributed by atoms with Crippen molar-refractivity contribution in [3.8, 4) is 0 Å². The lowest BCUT2D eigenvalue weighted by molar-refractivity contribution is -0.146. The van der Waals surface area contributed by atoms with Crippen LogP contribution < -0.4 is 0 Å². The van der Waals surface area contributed by atoms with Crippen LogP contribution in [0.25, 0.3) is 0 Å². The molecule has 0 radical (unpaired) electrons. The van der Waals surface area contributed by atoms with Gasteiger partial charge in [0.25, 0.3) is 0 Å². The Morgan fingerprint density at radius 2 is 1.79 bits per heavy atom. The van der Waals surface area contributed by atoms with E-state index in [1.807, 2.05) is 31.2 Å². The Balaban J connectivity index is 1.84. The van der Waals surface area contributed by atoms with Gasteiger partial charge in [-0.3, -0.25) is 4.79 Å². The van der Waals surface area contributed by atoms with Crippen LogP contribution in [-0.4, -0.2) is 35.1 Å². The summed E-state index contributed by atoms with van der Waals surface area (Å²) in [7, 11) is 0. The van der Waals surface area contributed by atoms with Crippen LogP contribution in [0.2, 0.25) is 0 Å². The third-order valence-corrected chi connectivity index (χ3v) is 4.73. The van der Waals surface area contributed by atoms with E-state index >= 15 is 0 Å². The van der Waals surface area contributed by atoms with Gasteiger partial charge in [-0.2, -0.15) is 0 Å². The zero-order valence-electron chi connectivity index (χ0n) is 11.4. The molecular formula is C16H21NO2. The van der Waals surface area contributed by atoms with E-state index in [2.05, 4.69) is 4.90 Å². The summed E-state index contributed by atoms with van der Waals surface area (Å²) < 4.78 is 0. The molecular weight excluding hydrogens is 238 g/mol. The number of aryl methyl sites for hydroxylation is 1. The predicted molar refractivity (Wildman–Crippen MR) is 74.3 cm³/mol. The lowest BCUT2D eigenvalue weighted by Gasteiger charge is -2.39. The summed E-state index contributed by atoms with van der Waals surface area (Å²) in [6.45, 7) is 3.88. The molecule has 0 bridgehead atoms. The normalized spacial score (nSPS) is 23.2. The second-order valence-corrected chi connectivity index (χ2v) is 6.02. The van der Waals surface area contributed by atoms with Crippen LogP contribution in [0.1, 0.15) is 36.8 Å². The Bertz CT molecular complexity index is 468. The standard InChI is InChI=1S/C16H21NO2/c1-12-2-4-13(5-3-12)16(15(18)19)8-10-17(11-9-16)14-6-7-14/h2-5,14H,6-11H2,1H3,(H,18,19). The van der Waals surface area contributed by atoms with Gasteiger partial charge in [-0.1, -0.05) is 29.8 Å². The van der Waals surface area contributed by atoms with Gasteiger partial charge in [-0.05, 0) is 51.3 Å². The van der Waals surface area contributed by atoms with E-state index < -0.39 is 11.4 Å². The van der Waals surface area contributed by atoms with Crippen molar-refractivity contribution in [1.29, 1.82) is 0 Å². The van der Waals surface area contributed by atoms with Gasteiger partial charge >= 0.3 is 5.97 Å². The highest BCUT2D eigenvalue weighted by Crippen LogP contribution is 2.39. The summed E-state index contributed by atoms with van der Waals surface area (Å²) in [6, 6.07) is 8.78. The van der Waals surface area contributed by atoms with Gasteiger partial charge in [0.15, 0.2) is 0 Å². The van der Waals surface area contributed by atoms with Gasteiger partial charge in [-0.25, -0.2) is 0 Å². The molecule has 1 aromatic carbocycles. The van der Waals surface area contributed by atoms with Crippen LogP contribution in [0.15, 0.2) is 24.3 Å². The van der Waals surface area contributed by atoms with Gasteiger partial charge in [0.1, 0.15) is 0 Å². The molecule has 1 aliphatic carbocycles. The van der Waals surface area contributed by atoms with Crippen LogP contribution in [0, 0.1) is 6.92 Å². The highest BCUT2D eigenvalue weighted by atomic mass is 16.4. The van der Waals surface area contributed by atoms with Crippen LogP contribution >= 0.6 is 0 Å². The number of carbonyl (C=O) groups is 1. The number of aliphatic carboxylic acids is 1. The van der Waals surface area contributed by atoms with Crippen molar-refractivity contribution in [3.05, 3.63) is 35.4 Å². The molecule has 3 rings (SSSR count). The molecule has 0 atom stereocenters. The minimum absolute atomic E-state index is 0.660. The summed E-state index contributed by atoms with van der Waals surface area (Å²) in [5.74, 6) is -0.660. The molecule has 19 heavy (non-hydrogen) atoms. The van der Waals surface area contributed by atoms with Crippen LogP contribution in [0.5, 0.6) is 0 Å². The fraction of sp³-hybridized carbons (Fsp3) is 0.562. The smallest absolute Gasteiger partial charge is 0.314 e. The van der Waals surface area contributed by atoms with E-state index in [1.54, 1.807) is 0 Å². The SMILES string of the molecule is Cc1ccc(C2(C(=O)O)CCN(C3CC3)CC2)cc1. The lowest BCUT2D eigenvalue weighted by Crippen LogP contribution is -2.47. The number of benzene rings is 1. The number of hydrogen-bond donors (Lipinski definition) is 1. The molecule has 0 spiro atoms. The third-order valence-electron chi connectivity index (χ3n) is 4.73. The number of nitrogens with zero attached hydrogens (tertiary/aromatic N) is 1. The molecule has 0 amide bonds. The first-order valence-electron chi connectivity index (χ1n) is 7.16. The zero-order chi connectivity index (χ0) is 13.5. The van der Waals surface area contributed by atoms with Crippen molar-refractivity contribution >= 4 is 5.97 Å². The molecule has 0 unspecified atom stereocenters. The fourth-order valence-corrected chi connectivity index (χ4v) is 3.21. The molecule has 2 aliphatic rings. The third kappa shape index (κ3) is 2.27. The van der Waals surface area contributed by atoms with Crippen molar-refractivity contribution in [1.82, 2.24) is 4.90 Å². The lowest BCUT2D eigenvalue weighted by atomic mass is 9.72. The molecule has 1 aliphatic heterocycles. The number of carboxylic acids is 1. The van der Waals surface area contributed by atoms with Crippen molar-refractivity contribution in [2.24, 2.45) is 0 Å². The molecule has 3 nitrogen and oxygen atoms in total. The van der Waals surface area contributed by atoms with Crippen LogP contribution in [0.3, 0.4) is 0 Å². The topological polar surface area (TPSA) is 40.5 Å². The van der Waals surface area contributed by atoms with Crippen molar-refractivity contribution in [3.63, 3.8) is 0 Å². The molecule has 1 heterocycles. The van der Waals surface area contributed by atoms with E-state index in [1.165, 1.54) is 18.4 Å². The number of likely N-dealkylation sites (tertiary alicyclic amines) is 1. The quantitative estimate of drug-likeness (QED) is 0.907. The number of rotatable bonds is 3. The molecule has 1 saturated carbocycles. The molecule has 102 valence electrons.